The van der Waals surface area contributed by atoms with Gasteiger partial charge in [-0.3, -0.25) is 14.4 Å². The Morgan fingerprint density at radius 1 is 1.19 bits per heavy atom. The lowest BCUT2D eigenvalue weighted by Crippen LogP contribution is -2.45. The Labute approximate surface area is 216 Å². The van der Waals surface area contributed by atoms with Gasteiger partial charge < -0.3 is 15.8 Å². The molecule has 3 N–H and O–H groups in total. The number of carbonyl (C=O) groups is 2. The largest absolute Gasteiger partial charge is 0.494 e. The van der Waals surface area contributed by atoms with Gasteiger partial charge in [0.15, 0.2) is 0 Å². The number of fused-ring (bicyclic) bond motifs is 1. The summed E-state index contributed by atoms with van der Waals surface area (Å²) in [6.45, 7) is 7.21. The van der Waals surface area contributed by atoms with E-state index in [1.54, 1.807) is 28.5 Å². The second-order valence-electron chi connectivity index (χ2n) is 8.90. The summed E-state index contributed by atoms with van der Waals surface area (Å²) in [5, 5.41) is 4.69. The van der Waals surface area contributed by atoms with Crippen molar-refractivity contribution in [3.8, 4) is 16.2 Å². The lowest BCUT2D eigenvalue weighted by molar-refractivity contribution is -0.233. The lowest BCUT2D eigenvalue weighted by atomic mass is 10.1. The summed E-state index contributed by atoms with van der Waals surface area (Å²) in [6.07, 6.45) is 2.49. The van der Waals surface area contributed by atoms with E-state index in [0.29, 0.717) is 25.1 Å². The standard InChI is InChI=1S/C28H33N3O4S/c1-4-6-14-34-22-12-10-19(11-13-22)28(33)30-21-9-7-8-20(15-21)25-16-23-18(3)35-31(17-26(23)36-25)24(5-2)27(29)32/h7-13,15-16,18,24H,4-6,14,17H2,1-3H3,(H2,29,32)(H,30,33). The summed E-state index contributed by atoms with van der Waals surface area (Å²) < 4.78 is 5.68. The molecular weight excluding hydrogens is 474 g/mol. The van der Waals surface area contributed by atoms with E-state index in [4.69, 9.17) is 15.3 Å². The number of hydrogen-bond acceptors (Lipinski definition) is 6. The van der Waals surface area contributed by atoms with Crippen LogP contribution in [0.2, 0.25) is 0 Å². The third-order valence-electron chi connectivity index (χ3n) is 6.22. The molecule has 2 atom stereocenters. The summed E-state index contributed by atoms with van der Waals surface area (Å²) in [5.74, 6) is 0.209. The molecule has 7 nitrogen and oxygen atoms in total. The van der Waals surface area contributed by atoms with Gasteiger partial charge in [0.2, 0.25) is 5.91 Å². The highest BCUT2D eigenvalue weighted by molar-refractivity contribution is 7.15. The van der Waals surface area contributed by atoms with Crippen LogP contribution < -0.4 is 15.8 Å². The van der Waals surface area contributed by atoms with Gasteiger partial charge in [-0.15, -0.1) is 11.3 Å². The molecule has 0 aliphatic carbocycles. The minimum Gasteiger partial charge on any atom is -0.494 e. The van der Waals surface area contributed by atoms with E-state index in [0.717, 1.165) is 45.2 Å². The van der Waals surface area contributed by atoms with Crippen LogP contribution in [0.1, 0.15) is 66.9 Å². The van der Waals surface area contributed by atoms with Crippen LogP contribution in [0.15, 0.2) is 54.6 Å². The normalized spacial score (nSPS) is 16.2. The highest BCUT2D eigenvalue weighted by Crippen LogP contribution is 2.41. The van der Waals surface area contributed by atoms with Gasteiger partial charge in [-0.2, -0.15) is 5.06 Å². The number of nitrogens with one attached hydrogen (secondary N) is 1. The molecule has 0 spiro atoms. The number of unbranched alkanes of at least 4 members (excludes halogenated alkanes) is 1. The van der Waals surface area contributed by atoms with Crippen molar-refractivity contribution >= 4 is 28.8 Å². The van der Waals surface area contributed by atoms with Crippen molar-refractivity contribution < 1.29 is 19.2 Å². The van der Waals surface area contributed by atoms with Crippen molar-refractivity contribution in [2.24, 2.45) is 5.73 Å². The fourth-order valence-electron chi connectivity index (χ4n) is 4.21. The Balaban J connectivity index is 1.46. The molecule has 0 fully saturated rings. The predicted molar refractivity (Wildman–Crippen MR) is 143 cm³/mol. The highest BCUT2D eigenvalue weighted by Gasteiger charge is 2.32. The van der Waals surface area contributed by atoms with Gasteiger partial charge in [0.25, 0.3) is 5.91 Å². The zero-order valence-corrected chi connectivity index (χ0v) is 21.8. The average Bonchev–Trinajstić information content (AvgIpc) is 3.30. The number of benzene rings is 2. The molecule has 8 heteroatoms. The van der Waals surface area contributed by atoms with E-state index >= 15 is 0 Å². The van der Waals surface area contributed by atoms with Crippen molar-refractivity contribution in [3.05, 3.63) is 70.6 Å². The molecule has 3 aromatic rings. The number of rotatable bonds is 10. The Bertz CT molecular complexity index is 1210. The number of ether oxygens (including phenoxy) is 1. The van der Waals surface area contributed by atoms with Gasteiger partial charge in [-0.1, -0.05) is 32.4 Å². The second kappa shape index (κ2) is 11.7. The fourth-order valence-corrected chi connectivity index (χ4v) is 5.44. The van der Waals surface area contributed by atoms with Crippen molar-refractivity contribution in [2.75, 3.05) is 11.9 Å². The Morgan fingerprint density at radius 2 is 1.97 bits per heavy atom. The smallest absolute Gasteiger partial charge is 0.255 e. The molecule has 0 saturated heterocycles. The fraction of sp³-hybridized carbons (Fsp3) is 0.357. The SMILES string of the molecule is CCCCOc1ccc(C(=O)Nc2cccc(-c3cc4c(s3)CN(C(CC)C(N)=O)OC4C)c2)cc1. The molecule has 2 heterocycles. The van der Waals surface area contributed by atoms with Crippen LogP contribution >= 0.6 is 11.3 Å². The van der Waals surface area contributed by atoms with Crippen molar-refractivity contribution in [3.63, 3.8) is 0 Å². The average molecular weight is 508 g/mol. The minimum atomic E-state index is -0.457. The zero-order valence-electron chi connectivity index (χ0n) is 21.0. The first-order valence-electron chi connectivity index (χ1n) is 12.4. The molecule has 2 unspecified atom stereocenters. The second-order valence-corrected chi connectivity index (χ2v) is 10.0. The first-order valence-corrected chi connectivity index (χ1v) is 13.2. The summed E-state index contributed by atoms with van der Waals surface area (Å²) in [7, 11) is 0. The maximum absolute atomic E-state index is 12.8. The van der Waals surface area contributed by atoms with Crippen molar-refractivity contribution in [1.82, 2.24) is 5.06 Å². The van der Waals surface area contributed by atoms with Crippen LogP contribution in [0.3, 0.4) is 0 Å². The number of hydrogen-bond donors (Lipinski definition) is 2. The van der Waals surface area contributed by atoms with E-state index in [2.05, 4.69) is 18.3 Å². The number of thiophene rings is 1. The van der Waals surface area contributed by atoms with Gasteiger partial charge in [0, 0.05) is 21.0 Å². The Kier molecular flexibility index (Phi) is 8.40. The van der Waals surface area contributed by atoms with Crippen LogP contribution in [0, 0.1) is 0 Å². The number of anilines is 1. The Hall–Kier alpha value is -3.20. The number of amides is 2. The summed E-state index contributed by atoms with van der Waals surface area (Å²) in [4.78, 5) is 32.9. The monoisotopic (exact) mass is 507 g/mol. The molecule has 1 aliphatic rings. The van der Waals surface area contributed by atoms with Gasteiger partial charge in [0.05, 0.1) is 13.2 Å². The molecule has 4 rings (SSSR count). The van der Waals surface area contributed by atoms with E-state index in [9.17, 15) is 9.59 Å². The third kappa shape index (κ3) is 5.95. The van der Waals surface area contributed by atoms with E-state index in [1.807, 2.05) is 50.2 Å². The molecular formula is C28H33N3O4S. The summed E-state index contributed by atoms with van der Waals surface area (Å²) >= 11 is 1.67. The summed E-state index contributed by atoms with van der Waals surface area (Å²) in [6, 6.07) is 16.7. The van der Waals surface area contributed by atoms with Gasteiger partial charge in [-0.25, -0.2) is 0 Å². The number of primary amides is 1. The van der Waals surface area contributed by atoms with E-state index in [-0.39, 0.29) is 17.9 Å². The number of hydroxylamine groups is 2. The molecule has 1 aliphatic heterocycles. The first-order chi connectivity index (χ1) is 17.4. The molecule has 2 aromatic carbocycles. The maximum atomic E-state index is 12.8. The number of nitrogens with zero attached hydrogens (tertiary/aromatic N) is 1. The van der Waals surface area contributed by atoms with Crippen LogP contribution in [-0.2, 0) is 16.2 Å². The quantitative estimate of drug-likeness (QED) is 0.332. The van der Waals surface area contributed by atoms with Crippen LogP contribution in [0.4, 0.5) is 5.69 Å². The molecule has 0 radical (unpaired) electrons. The molecule has 36 heavy (non-hydrogen) atoms. The highest BCUT2D eigenvalue weighted by atomic mass is 32.1. The van der Waals surface area contributed by atoms with Gasteiger partial charge in [-0.05, 0) is 73.4 Å². The molecule has 190 valence electrons. The van der Waals surface area contributed by atoms with Crippen LogP contribution in [-0.4, -0.2) is 29.5 Å². The van der Waals surface area contributed by atoms with Gasteiger partial charge >= 0.3 is 0 Å². The number of nitrogens with two attached hydrogens (primary N) is 1. The third-order valence-corrected chi connectivity index (χ3v) is 7.41. The molecule has 2 amide bonds. The Morgan fingerprint density at radius 3 is 2.67 bits per heavy atom. The van der Waals surface area contributed by atoms with Crippen LogP contribution in [0.5, 0.6) is 5.75 Å². The lowest BCUT2D eigenvalue weighted by Gasteiger charge is -2.34. The topological polar surface area (TPSA) is 93.9 Å². The molecule has 0 bridgehead atoms. The summed E-state index contributed by atoms with van der Waals surface area (Å²) in [5.41, 5.74) is 8.98. The van der Waals surface area contributed by atoms with E-state index < -0.39 is 6.04 Å². The van der Waals surface area contributed by atoms with Crippen LogP contribution in [0.25, 0.3) is 10.4 Å². The van der Waals surface area contributed by atoms with Crippen molar-refractivity contribution in [2.45, 2.75) is 58.7 Å². The molecule has 0 saturated carbocycles. The molecule has 1 aromatic heterocycles. The minimum absolute atomic E-state index is 0.174. The van der Waals surface area contributed by atoms with E-state index in [1.165, 1.54) is 0 Å². The van der Waals surface area contributed by atoms with Crippen molar-refractivity contribution in [1.29, 1.82) is 0 Å². The van der Waals surface area contributed by atoms with Gasteiger partial charge in [0.1, 0.15) is 17.9 Å². The maximum Gasteiger partial charge on any atom is 0.255 e. The number of carbonyl (C=O) groups excluding carboxylic acids is 2. The zero-order chi connectivity index (χ0) is 25.7. The first kappa shape index (κ1) is 25.9. The predicted octanol–water partition coefficient (Wildman–Crippen LogP) is 5.92.